The van der Waals surface area contributed by atoms with Gasteiger partial charge in [-0.05, 0) is 12.5 Å². The molecule has 0 spiro atoms. The van der Waals surface area contributed by atoms with Crippen molar-refractivity contribution in [2.24, 2.45) is 0 Å². The highest BCUT2D eigenvalue weighted by Gasteiger charge is 2.05. The molecule has 0 bridgehead atoms. The van der Waals surface area contributed by atoms with E-state index in [1.165, 1.54) is 12.1 Å². The van der Waals surface area contributed by atoms with Gasteiger partial charge in [-0.25, -0.2) is 5.10 Å². The summed E-state index contributed by atoms with van der Waals surface area (Å²) in [6.45, 7) is 1.55. The second kappa shape index (κ2) is 7.81. The molecule has 0 aromatic carbocycles. The smallest absolute Gasteiger partial charge is 0.271 e. The quantitative estimate of drug-likeness (QED) is 0.539. The van der Waals surface area contributed by atoms with E-state index < -0.39 is 0 Å². The van der Waals surface area contributed by atoms with E-state index in [9.17, 15) is 9.59 Å². The topological polar surface area (TPSA) is 84.1 Å². The molecule has 0 fully saturated rings. The lowest BCUT2D eigenvalue weighted by Crippen LogP contribution is -2.27. The largest absolute Gasteiger partial charge is 0.380 e. The maximum atomic E-state index is 11.5. The zero-order valence-electron chi connectivity index (χ0n) is 9.24. The van der Waals surface area contributed by atoms with Crippen LogP contribution in [0.15, 0.2) is 16.9 Å². The fraction of sp³-hybridized carbons (Fsp3) is 0.500. The Bertz CT molecular complexity index is 388. The molecule has 0 unspecified atom stereocenters. The number of rotatable bonds is 7. The van der Waals surface area contributed by atoms with Gasteiger partial charge in [0.2, 0.25) is 0 Å². The molecule has 1 amide bonds. The summed E-state index contributed by atoms with van der Waals surface area (Å²) in [7, 11) is 0. The van der Waals surface area contributed by atoms with E-state index >= 15 is 0 Å². The Labute approximate surface area is 103 Å². The molecule has 0 aliphatic rings. The summed E-state index contributed by atoms with van der Waals surface area (Å²) in [5.41, 5.74) is -0.151. The number of nitrogens with one attached hydrogen (secondary N) is 2. The zero-order valence-corrected chi connectivity index (χ0v) is 10.00. The Kier molecular flexibility index (Phi) is 6.27. The number of aromatic amines is 1. The van der Waals surface area contributed by atoms with E-state index in [0.717, 1.165) is 0 Å². The van der Waals surface area contributed by atoms with Gasteiger partial charge >= 0.3 is 0 Å². The van der Waals surface area contributed by atoms with Gasteiger partial charge in [0, 0.05) is 25.1 Å². The van der Waals surface area contributed by atoms with Gasteiger partial charge in [0.15, 0.2) is 0 Å². The van der Waals surface area contributed by atoms with Crippen LogP contribution in [0.4, 0.5) is 0 Å². The average Bonchev–Trinajstić information content (AvgIpc) is 2.34. The van der Waals surface area contributed by atoms with Gasteiger partial charge in [0.05, 0.1) is 6.61 Å². The van der Waals surface area contributed by atoms with Gasteiger partial charge in [-0.1, -0.05) is 0 Å². The Morgan fingerprint density at radius 1 is 1.47 bits per heavy atom. The van der Waals surface area contributed by atoms with Crippen molar-refractivity contribution in [1.82, 2.24) is 15.5 Å². The number of carbonyl (C=O) groups excluding carboxylic acids is 1. The molecule has 0 aliphatic carbocycles. The second-order valence-electron chi connectivity index (χ2n) is 3.22. The molecule has 0 radical (unpaired) electrons. The third-order valence-corrected chi connectivity index (χ3v) is 2.04. The summed E-state index contributed by atoms with van der Waals surface area (Å²) in [5.74, 6) is 0.145. The minimum atomic E-state index is -0.337. The molecule has 6 nitrogen and oxygen atoms in total. The number of halogens is 1. The summed E-state index contributed by atoms with van der Waals surface area (Å²) >= 11 is 5.43. The van der Waals surface area contributed by atoms with Crippen molar-refractivity contribution >= 4 is 17.5 Å². The average molecular weight is 260 g/mol. The molecule has 0 atom stereocenters. The van der Waals surface area contributed by atoms with Crippen molar-refractivity contribution < 1.29 is 9.53 Å². The molecule has 0 saturated carbocycles. The standard InChI is InChI=1S/C10H14ClN3O3/c11-4-7-17-6-1-5-12-10(16)8-2-3-9(15)14-13-8/h2-3H,1,4-7H2,(H,12,16)(H,14,15). The highest BCUT2D eigenvalue weighted by molar-refractivity contribution is 6.17. The lowest BCUT2D eigenvalue weighted by atomic mass is 10.3. The van der Waals surface area contributed by atoms with E-state index in [-0.39, 0.29) is 17.2 Å². The first-order valence-electron chi connectivity index (χ1n) is 5.21. The molecule has 2 N–H and O–H groups in total. The zero-order chi connectivity index (χ0) is 12.5. The maximum Gasteiger partial charge on any atom is 0.271 e. The van der Waals surface area contributed by atoms with Crippen molar-refractivity contribution in [3.8, 4) is 0 Å². The van der Waals surface area contributed by atoms with E-state index in [1.807, 2.05) is 0 Å². The molecule has 1 heterocycles. The second-order valence-corrected chi connectivity index (χ2v) is 3.60. The number of alkyl halides is 1. The first-order chi connectivity index (χ1) is 8.24. The molecular weight excluding hydrogens is 246 g/mol. The Morgan fingerprint density at radius 3 is 2.94 bits per heavy atom. The van der Waals surface area contributed by atoms with E-state index in [4.69, 9.17) is 16.3 Å². The third kappa shape index (κ3) is 5.46. The normalized spacial score (nSPS) is 10.2. The van der Waals surface area contributed by atoms with Gasteiger partial charge in [0.25, 0.3) is 11.5 Å². The first-order valence-corrected chi connectivity index (χ1v) is 5.75. The van der Waals surface area contributed by atoms with Crippen LogP contribution in [0.2, 0.25) is 0 Å². The highest BCUT2D eigenvalue weighted by Crippen LogP contribution is 1.89. The monoisotopic (exact) mass is 259 g/mol. The Morgan fingerprint density at radius 2 is 2.29 bits per heavy atom. The highest BCUT2D eigenvalue weighted by atomic mass is 35.5. The number of hydrogen-bond acceptors (Lipinski definition) is 4. The number of nitrogens with zero attached hydrogens (tertiary/aromatic N) is 1. The Balaban J connectivity index is 2.21. The number of H-pyrrole nitrogens is 1. The van der Waals surface area contributed by atoms with Crippen molar-refractivity contribution in [2.45, 2.75) is 6.42 Å². The third-order valence-electron chi connectivity index (χ3n) is 1.88. The van der Waals surface area contributed by atoms with Crippen LogP contribution in [0.1, 0.15) is 16.9 Å². The minimum absolute atomic E-state index is 0.186. The number of amides is 1. The molecule has 0 aliphatic heterocycles. The lowest BCUT2D eigenvalue weighted by molar-refractivity contribution is 0.0938. The van der Waals surface area contributed by atoms with Crippen LogP contribution in [-0.4, -0.2) is 41.7 Å². The van der Waals surface area contributed by atoms with Gasteiger partial charge in [-0.3, -0.25) is 9.59 Å². The van der Waals surface area contributed by atoms with Gasteiger partial charge < -0.3 is 10.1 Å². The minimum Gasteiger partial charge on any atom is -0.380 e. The summed E-state index contributed by atoms with van der Waals surface area (Å²) in [6, 6.07) is 2.63. The summed E-state index contributed by atoms with van der Waals surface area (Å²) in [6.07, 6.45) is 0.700. The van der Waals surface area contributed by atoms with Crippen molar-refractivity contribution in [3.05, 3.63) is 28.2 Å². The number of carbonyl (C=O) groups is 1. The van der Waals surface area contributed by atoms with Crippen molar-refractivity contribution in [1.29, 1.82) is 0 Å². The molecule has 1 aromatic heterocycles. The van der Waals surface area contributed by atoms with Crippen LogP contribution in [0.5, 0.6) is 0 Å². The van der Waals surface area contributed by atoms with Gasteiger partial charge in [-0.15, -0.1) is 11.6 Å². The summed E-state index contributed by atoms with van der Waals surface area (Å²) in [5, 5.41) is 8.46. The number of hydrogen-bond donors (Lipinski definition) is 2. The molecule has 94 valence electrons. The predicted octanol–water partition coefficient (Wildman–Crippen LogP) is 0.145. The molecule has 7 heteroatoms. The van der Waals surface area contributed by atoms with E-state index in [0.29, 0.717) is 32.1 Å². The number of ether oxygens (including phenoxy) is 1. The van der Waals surface area contributed by atoms with Gasteiger partial charge in [-0.2, -0.15) is 5.10 Å². The summed E-state index contributed by atoms with van der Waals surface area (Å²) in [4.78, 5) is 22.2. The van der Waals surface area contributed by atoms with Crippen LogP contribution in [0.25, 0.3) is 0 Å². The number of aromatic nitrogens is 2. The fourth-order valence-electron chi connectivity index (χ4n) is 1.09. The van der Waals surface area contributed by atoms with Crippen molar-refractivity contribution in [2.75, 3.05) is 25.6 Å². The van der Waals surface area contributed by atoms with Crippen LogP contribution >= 0.6 is 11.6 Å². The molecular formula is C10H14ClN3O3. The Hall–Kier alpha value is -1.40. The SMILES string of the molecule is O=C(NCCCOCCCl)c1ccc(=O)[nH]n1. The first kappa shape index (κ1) is 13.7. The lowest BCUT2D eigenvalue weighted by Gasteiger charge is -2.04. The molecule has 17 heavy (non-hydrogen) atoms. The van der Waals surface area contributed by atoms with Crippen LogP contribution in [-0.2, 0) is 4.74 Å². The van der Waals surface area contributed by atoms with Crippen molar-refractivity contribution in [3.63, 3.8) is 0 Å². The molecule has 1 rings (SSSR count). The molecule has 0 saturated heterocycles. The molecule has 1 aromatic rings. The van der Waals surface area contributed by atoms with Crippen LogP contribution < -0.4 is 10.9 Å². The van der Waals surface area contributed by atoms with Crippen LogP contribution in [0.3, 0.4) is 0 Å². The van der Waals surface area contributed by atoms with E-state index in [1.54, 1.807) is 0 Å². The fourth-order valence-corrected chi connectivity index (χ4v) is 1.20. The van der Waals surface area contributed by atoms with Crippen LogP contribution in [0, 0.1) is 0 Å². The van der Waals surface area contributed by atoms with E-state index in [2.05, 4.69) is 15.5 Å². The van der Waals surface area contributed by atoms with Gasteiger partial charge in [0.1, 0.15) is 5.69 Å². The maximum absolute atomic E-state index is 11.5. The predicted molar refractivity (Wildman–Crippen MR) is 63.3 cm³/mol. The summed E-state index contributed by atoms with van der Waals surface area (Å²) < 4.78 is 5.14.